The van der Waals surface area contributed by atoms with Gasteiger partial charge < -0.3 is 14.8 Å². The van der Waals surface area contributed by atoms with Crippen LogP contribution in [0.4, 0.5) is 0 Å². The van der Waals surface area contributed by atoms with Crippen LogP contribution < -0.4 is 5.32 Å². The van der Waals surface area contributed by atoms with Gasteiger partial charge in [-0.1, -0.05) is 11.6 Å². The predicted molar refractivity (Wildman–Crippen MR) is 97.1 cm³/mol. The van der Waals surface area contributed by atoms with Crippen LogP contribution in [0.15, 0.2) is 23.1 Å². The summed E-state index contributed by atoms with van der Waals surface area (Å²) in [6.07, 6.45) is 0.867. The number of morpholine rings is 1. The number of ether oxygens (including phenoxy) is 2. The number of nitrogens with zero attached hydrogens (tertiary/aromatic N) is 1. The minimum absolute atomic E-state index is 0.0114. The fourth-order valence-electron chi connectivity index (χ4n) is 2.58. The van der Waals surface area contributed by atoms with Crippen LogP contribution >= 0.6 is 11.6 Å². The molecule has 1 atom stereocenters. The third-order valence-corrected chi connectivity index (χ3v) is 6.71. The van der Waals surface area contributed by atoms with Crippen LogP contribution in [-0.2, 0) is 24.3 Å². The molecule has 0 spiro atoms. The minimum Gasteiger partial charge on any atom is -0.449 e. The number of carbonyl (C=O) groups excluding carboxylic acids is 2. The molecule has 0 bridgehead atoms. The van der Waals surface area contributed by atoms with Crippen molar-refractivity contribution in [1.82, 2.24) is 9.62 Å². The fourth-order valence-corrected chi connectivity index (χ4v) is 4.49. The van der Waals surface area contributed by atoms with Crippen LogP contribution in [0, 0.1) is 0 Å². The van der Waals surface area contributed by atoms with Gasteiger partial charge in [-0.2, -0.15) is 4.31 Å². The molecule has 1 aliphatic carbocycles. The first kappa shape index (κ1) is 20.1. The SMILES string of the molecule is C[C@H](OC(=O)c1ccc(Cl)c(S(=O)(=O)N2CCOCC2)c1)C(=O)NC1CC1. The van der Waals surface area contributed by atoms with Gasteiger partial charge >= 0.3 is 5.97 Å². The number of esters is 1. The molecular weight excluding hydrogens is 396 g/mol. The van der Waals surface area contributed by atoms with E-state index < -0.39 is 22.1 Å². The number of carbonyl (C=O) groups is 2. The maximum absolute atomic E-state index is 12.8. The maximum Gasteiger partial charge on any atom is 0.338 e. The van der Waals surface area contributed by atoms with Crippen molar-refractivity contribution < 1.29 is 27.5 Å². The smallest absolute Gasteiger partial charge is 0.338 e. The van der Waals surface area contributed by atoms with Crippen molar-refractivity contribution in [1.29, 1.82) is 0 Å². The van der Waals surface area contributed by atoms with Crippen LogP contribution in [0.1, 0.15) is 30.1 Å². The Morgan fingerprint density at radius 2 is 1.96 bits per heavy atom. The van der Waals surface area contributed by atoms with Crippen LogP contribution in [0.2, 0.25) is 5.02 Å². The highest BCUT2D eigenvalue weighted by molar-refractivity contribution is 7.89. The molecule has 1 heterocycles. The molecule has 1 saturated carbocycles. The molecule has 27 heavy (non-hydrogen) atoms. The zero-order valence-corrected chi connectivity index (χ0v) is 16.4. The molecule has 1 saturated heterocycles. The lowest BCUT2D eigenvalue weighted by Crippen LogP contribution is -2.40. The molecule has 1 amide bonds. The van der Waals surface area contributed by atoms with E-state index in [1.54, 1.807) is 0 Å². The van der Waals surface area contributed by atoms with Gasteiger partial charge in [-0.3, -0.25) is 4.79 Å². The molecule has 8 nitrogen and oxygen atoms in total. The molecule has 0 aromatic heterocycles. The molecule has 0 radical (unpaired) electrons. The molecule has 1 aromatic carbocycles. The minimum atomic E-state index is -3.87. The Kier molecular flexibility index (Phi) is 6.05. The Morgan fingerprint density at radius 3 is 2.59 bits per heavy atom. The molecule has 2 aliphatic rings. The Hall–Kier alpha value is -1.68. The summed E-state index contributed by atoms with van der Waals surface area (Å²) >= 11 is 6.07. The van der Waals surface area contributed by atoms with E-state index in [2.05, 4.69) is 5.32 Å². The van der Waals surface area contributed by atoms with Crippen LogP contribution in [-0.4, -0.2) is 63.0 Å². The summed E-state index contributed by atoms with van der Waals surface area (Å²) in [5.74, 6) is -1.16. The van der Waals surface area contributed by atoms with Crippen LogP contribution in [0.3, 0.4) is 0 Å². The third kappa shape index (κ3) is 4.78. The zero-order valence-electron chi connectivity index (χ0n) is 14.8. The first-order valence-electron chi connectivity index (χ1n) is 8.68. The summed E-state index contributed by atoms with van der Waals surface area (Å²) in [4.78, 5) is 24.1. The van der Waals surface area contributed by atoms with Crippen molar-refractivity contribution in [3.8, 4) is 0 Å². The quantitative estimate of drug-likeness (QED) is 0.699. The van der Waals surface area contributed by atoms with E-state index in [0.717, 1.165) is 12.8 Å². The molecule has 1 aliphatic heterocycles. The van der Waals surface area contributed by atoms with E-state index >= 15 is 0 Å². The standard InChI is InChI=1S/C17H21ClN2O6S/c1-11(16(21)19-13-3-4-13)26-17(22)12-2-5-14(18)15(10-12)27(23,24)20-6-8-25-9-7-20/h2,5,10-11,13H,3-4,6-9H2,1H3,(H,19,21)/t11-/m0/s1. The first-order chi connectivity index (χ1) is 12.8. The molecule has 148 valence electrons. The monoisotopic (exact) mass is 416 g/mol. The van der Waals surface area contributed by atoms with Gasteiger partial charge in [0.2, 0.25) is 10.0 Å². The Labute approximate surface area is 162 Å². The summed E-state index contributed by atoms with van der Waals surface area (Å²) < 4.78 is 37.2. The van der Waals surface area contributed by atoms with Gasteiger partial charge in [-0.25, -0.2) is 13.2 Å². The summed E-state index contributed by atoms with van der Waals surface area (Å²) in [5, 5.41) is 2.76. The van der Waals surface area contributed by atoms with Gasteiger partial charge in [0.05, 0.1) is 23.8 Å². The number of benzene rings is 1. The summed E-state index contributed by atoms with van der Waals surface area (Å²) in [6, 6.07) is 4.04. The molecule has 10 heteroatoms. The van der Waals surface area contributed by atoms with E-state index in [9.17, 15) is 18.0 Å². The zero-order chi connectivity index (χ0) is 19.6. The van der Waals surface area contributed by atoms with Crippen molar-refractivity contribution in [2.75, 3.05) is 26.3 Å². The van der Waals surface area contributed by atoms with Crippen molar-refractivity contribution in [2.24, 2.45) is 0 Å². The maximum atomic E-state index is 12.8. The van der Waals surface area contributed by atoms with Gasteiger partial charge in [0.15, 0.2) is 6.10 Å². The second kappa shape index (κ2) is 8.14. The number of sulfonamides is 1. The normalized spacial score (nSPS) is 19.3. The number of hydrogen-bond donors (Lipinski definition) is 1. The van der Waals surface area contributed by atoms with E-state index in [-0.39, 0.29) is 40.5 Å². The summed E-state index contributed by atoms with van der Waals surface area (Å²) in [5.41, 5.74) is 0.0114. The molecule has 0 unspecified atom stereocenters. The van der Waals surface area contributed by atoms with Gasteiger partial charge in [0, 0.05) is 19.1 Å². The summed E-state index contributed by atoms with van der Waals surface area (Å²) in [7, 11) is -3.87. The Balaban J connectivity index is 1.75. The average Bonchev–Trinajstić information content (AvgIpc) is 3.46. The Morgan fingerprint density at radius 1 is 1.30 bits per heavy atom. The lowest BCUT2D eigenvalue weighted by atomic mass is 10.2. The van der Waals surface area contributed by atoms with E-state index in [4.69, 9.17) is 21.1 Å². The fraction of sp³-hybridized carbons (Fsp3) is 0.529. The lowest BCUT2D eigenvalue weighted by Gasteiger charge is -2.26. The second-order valence-electron chi connectivity index (χ2n) is 6.49. The van der Waals surface area contributed by atoms with Crippen molar-refractivity contribution >= 4 is 33.5 Å². The van der Waals surface area contributed by atoms with Crippen LogP contribution in [0.25, 0.3) is 0 Å². The number of amides is 1. The van der Waals surface area contributed by atoms with Gasteiger partial charge in [-0.15, -0.1) is 0 Å². The number of nitrogens with one attached hydrogen (secondary N) is 1. The second-order valence-corrected chi connectivity index (χ2v) is 8.81. The van der Waals surface area contributed by atoms with Crippen molar-refractivity contribution in [2.45, 2.75) is 36.8 Å². The van der Waals surface area contributed by atoms with Gasteiger partial charge in [-0.05, 0) is 38.0 Å². The average molecular weight is 417 g/mol. The molecular formula is C17H21ClN2O6S. The van der Waals surface area contributed by atoms with Crippen molar-refractivity contribution in [3.05, 3.63) is 28.8 Å². The van der Waals surface area contributed by atoms with E-state index in [1.807, 2.05) is 0 Å². The number of rotatable bonds is 6. The molecule has 1 aromatic rings. The predicted octanol–water partition coefficient (Wildman–Crippen LogP) is 1.18. The van der Waals surface area contributed by atoms with Gasteiger partial charge in [0.25, 0.3) is 5.91 Å². The highest BCUT2D eigenvalue weighted by atomic mass is 35.5. The topological polar surface area (TPSA) is 102 Å². The summed E-state index contributed by atoms with van der Waals surface area (Å²) in [6.45, 7) is 2.49. The first-order valence-corrected chi connectivity index (χ1v) is 10.5. The Bertz CT molecular complexity index is 834. The lowest BCUT2D eigenvalue weighted by molar-refractivity contribution is -0.129. The highest BCUT2D eigenvalue weighted by Crippen LogP contribution is 2.27. The van der Waals surface area contributed by atoms with E-state index in [1.165, 1.54) is 29.4 Å². The van der Waals surface area contributed by atoms with E-state index in [0.29, 0.717) is 13.2 Å². The third-order valence-electron chi connectivity index (χ3n) is 4.33. The highest BCUT2D eigenvalue weighted by Gasteiger charge is 2.30. The molecule has 3 rings (SSSR count). The van der Waals surface area contributed by atoms with Crippen molar-refractivity contribution in [3.63, 3.8) is 0 Å². The number of hydrogen-bond acceptors (Lipinski definition) is 6. The van der Waals surface area contributed by atoms with Gasteiger partial charge in [0.1, 0.15) is 4.90 Å². The number of halogens is 1. The molecule has 2 fully saturated rings. The largest absolute Gasteiger partial charge is 0.449 e. The molecule has 1 N–H and O–H groups in total. The van der Waals surface area contributed by atoms with Crippen LogP contribution in [0.5, 0.6) is 0 Å².